The third-order valence-corrected chi connectivity index (χ3v) is 6.38. The molecule has 6 rings (SSSR count). The van der Waals surface area contributed by atoms with Gasteiger partial charge in [0.15, 0.2) is 11.5 Å². The Kier molecular flexibility index (Phi) is 6.42. The van der Waals surface area contributed by atoms with Gasteiger partial charge in [-0.25, -0.2) is 19.7 Å². The van der Waals surface area contributed by atoms with Gasteiger partial charge >= 0.3 is 12.2 Å². The number of anilines is 2. The van der Waals surface area contributed by atoms with E-state index < -0.39 is 17.8 Å². The van der Waals surface area contributed by atoms with Crippen LogP contribution in [0, 0.1) is 6.92 Å². The van der Waals surface area contributed by atoms with E-state index in [-0.39, 0.29) is 11.3 Å². The van der Waals surface area contributed by atoms with E-state index in [4.69, 9.17) is 4.98 Å². The normalized spacial score (nSPS) is 11.5. The standard InChI is InChI=1S/C29H21F3N8O/c1-18-5-6-22(16-23(18)29(30,31)32)37-28(41)36-21-4-2-3-20(15-21)24-17-39-13-11-35-26(39)27(38-24)40-14-12-34-25(40)19-7-9-33-10-8-19/h2-17H,1H3,(H2,36,37,41). The van der Waals surface area contributed by atoms with Crippen LogP contribution in [0.25, 0.3) is 34.1 Å². The molecule has 2 aromatic carbocycles. The Morgan fingerprint density at radius 2 is 1.61 bits per heavy atom. The summed E-state index contributed by atoms with van der Waals surface area (Å²) in [7, 11) is 0. The second-order valence-corrected chi connectivity index (χ2v) is 9.15. The maximum Gasteiger partial charge on any atom is 0.416 e. The van der Waals surface area contributed by atoms with Crippen molar-refractivity contribution in [2.75, 3.05) is 10.6 Å². The number of aryl methyl sites for hydroxylation is 1. The van der Waals surface area contributed by atoms with Crippen molar-refractivity contribution in [1.82, 2.24) is 28.9 Å². The molecule has 0 saturated heterocycles. The van der Waals surface area contributed by atoms with Crippen LogP contribution in [0.4, 0.5) is 29.3 Å². The van der Waals surface area contributed by atoms with Gasteiger partial charge in [0.2, 0.25) is 0 Å². The number of amides is 2. The Hall–Kier alpha value is -5.52. The molecule has 0 spiro atoms. The van der Waals surface area contributed by atoms with Gasteiger partial charge in [0, 0.05) is 65.9 Å². The molecule has 0 bridgehead atoms. The number of carbonyl (C=O) groups excluding carboxylic acids is 1. The fraction of sp³-hybridized carbons (Fsp3) is 0.0690. The summed E-state index contributed by atoms with van der Waals surface area (Å²) in [4.78, 5) is 30.6. The first-order chi connectivity index (χ1) is 19.8. The van der Waals surface area contributed by atoms with E-state index in [0.717, 1.165) is 11.6 Å². The third kappa shape index (κ3) is 5.22. The number of pyridine rings is 1. The molecule has 0 aliphatic rings. The van der Waals surface area contributed by atoms with E-state index in [0.29, 0.717) is 34.2 Å². The van der Waals surface area contributed by atoms with E-state index >= 15 is 0 Å². The van der Waals surface area contributed by atoms with Crippen LogP contribution in [0.2, 0.25) is 0 Å². The molecule has 4 aromatic heterocycles. The van der Waals surface area contributed by atoms with E-state index in [1.165, 1.54) is 19.1 Å². The zero-order chi connectivity index (χ0) is 28.6. The third-order valence-electron chi connectivity index (χ3n) is 6.38. The lowest BCUT2D eigenvalue weighted by Crippen LogP contribution is -2.20. The maximum absolute atomic E-state index is 13.3. The zero-order valence-corrected chi connectivity index (χ0v) is 21.5. The van der Waals surface area contributed by atoms with Crippen LogP contribution in [0.15, 0.2) is 98.0 Å². The molecule has 6 aromatic rings. The van der Waals surface area contributed by atoms with E-state index in [9.17, 15) is 18.0 Å². The highest BCUT2D eigenvalue weighted by atomic mass is 19.4. The number of carbonyl (C=O) groups is 1. The average molecular weight is 555 g/mol. The molecule has 9 nitrogen and oxygen atoms in total. The van der Waals surface area contributed by atoms with Gasteiger partial charge in [-0.1, -0.05) is 18.2 Å². The molecule has 0 unspecified atom stereocenters. The van der Waals surface area contributed by atoms with Crippen molar-refractivity contribution >= 4 is 23.1 Å². The second kappa shape index (κ2) is 10.2. The molecule has 0 aliphatic heterocycles. The van der Waals surface area contributed by atoms with Gasteiger partial charge in [-0.15, -0.1) is 0 Å². The SMILES string of the molecule is Cc1ccc(NC(=O)Nc2cccc(-c3cn4ccnc4c(-n4ccnc4-c4ccncc4)n3)c2)cc1C(F)(F)F. The summed E-state index contributed by atoms with van der Waals surface area (Å²) in [6, 6.07) is 13.7. The number of imidazole rings is 2. The van der Waals surface area contributed by atoms with Gasteiger partial charge in [0.25, 0.3) is 0 Å². The van der Waals surface area contributed by atoms with Crippen molar-refractivity contribution < 1.29 is 18.0 Å². The Bertz CT molecular complexity index is 1880. The minimum atomic E-state index is -4.52. The van der Waals surface area contributed by atoms with Crippen LogP contribution >= 0.6 is 0 Å². The Labute approximate surface area is 231 Å². The Morgan fingerprint density at radius 1 is 0.854 bits per heavy atom. The van der Waals surface area contributed by atoms with Crippen molar-refractivity contribution in [2.24, 2.45) is 0 Å². The average Bonchev–Trinajstić information content (AvgIpc) is 3.64. The maximum atomic E-state index is 13.3. The number of urea groups is 1. The summed E-state index contributed by atoms with van der Waals surface area (Å²) in [5.41, 5.74) is 2.48. The fourth-order valence-electron chi connectivity index (χ4n) is 4.46. The van der Waals surface area contributed by atoms with Gasteiger partial charge in [0.1, 0.15) is 5.82 Å². The summed E-state index contributed by atoms with van der Waals surface area (Å²) < 4.78 is 43.5. The number of alkyl halides is 3. The highest BCUT2D eigenvalue weighted by molar-refractivity contribution is 6.00. The van der Waals surface area contributed by atoms with Crippen molar-refractivity contribution in [3.05, 3.63) is 109 Å². The molecule has 0 atom stereocenters. The molecule has 204 valence electrons. The smallest absolute Gasteiger partial charge is 0.308 e. The van der Waals surface area contributed by atoms with E-state index in [1.54, 1.807) is 55.4 Å². The van der Waals surface area contributed by atoms with Crippen molar-refractivity contribution in [3.8, 4) is 28.5 Å². The van der Waals surface area contributed by atoms with Gasteiger partial charge in [-0.3, -0.25) is 9.55 Å². The van der Waals surface area contributed by atoms with Gasteiger partial charge < -0.3 is 15.0 Å². The van der Waals surface area contributed by atoms with Crippen LogP contribution in [0.5, 0.6) is 0 Å². The van der Waals surface area contributed by atoms with E-state index in [1.807, 2.05) is 33.4 Å². The summed E-state index contributed by atoms with van der Waals surface area (Å²) in [5.74, 6) is 1.21. The van der Waals surface area contributed by atoms with Crippen LogP contribution in [0.1, 0.15) is 11.1 Å². The van der Waals surface area contributed by atoms with E-state index in [2.05, 4.69) is 25.6 Å². The van der Waals surface area contributed by atoms with Gasteiger partial charge in [0.05, 0.1) is 11.3 Å². The molecular weight excluding hydrogens is 533 g/mol. The monoisotopic (exact) mass is 554 g/mol. The topological polar surface area (TPSA) is 102 Å². The number of benzene rings is 2. The molecule has 2 N–H and O–H groups in total. The highest BCUT2D eigenvalue weighted by Crippen LogP contribution is 2.33. The second-order valence-electron chi connectivity index (χ2n) is 9.15. The first-order valence-corrected chi connectivity index (χ1v) is 12.4. The number of nitrogens with one attached hydrogen (secondary N) is 2. The number of hydrogen-bond acceptors (Lipinski definition) is 5. The van der Waals surface area contributed by atoms with Gasteiger partial charge in [-0.2, -0.15) is 13.2 Å². The van der Waals surface area contributed by atoms with Crippen LogP contribution in [-0.4, -0.2) is 34.9 Å². The number of halogens is 3. The number of nitrogens with zero attached hydrogens (tertiary/aromatic N) is 6. The molecule has 0 fully saturated rings. The number of fused-ring (bicyclic) bond motifs is 1. The lowest BCUT2D eigenvalue weighted by Gasteiger charge is -2.14. The summed E-state index contributed by atoms with van der Waals surface area (Å²) in [6.45, 7) is 1.37. The summed E-state index contributed by atoms with van der Waals surface area (Å²) in [5, 5.41) is 5.15. The van der Waals surface area contributed by atoms with Gasteiger partial charge in [-0.05, 0) is 48.9 Å². The molecule has 0 saturated carbocycles. The molecule has 0 aliphatic carbocycles. The predicted molar refractivity (Wildman–Crippen MR) is 148 cm³/mol. The number of aromatic nitrogens is 6. The van der Waals surface area contributed by atoms with Crippen molar-refractivity contribution in [1.29, 1.82) is 0 Å². The fourth-order valence-corrected chi connectivity index (χ4v) is 4.46. The predicted octanol–water partition coefficient (Wildman–Crippen LogP) is 6.62. The van der Waals surface area contributed by atoms with Crippen molar-refractivity contribution in [3.63, 3.8) is 0 Å². The largest absolute Gasteiger partial charge is 0.416 e. The lowest BCUT2D eigenvalue weighted by molar-refractivity contribution is -0.138. The summed E-state index contributed by atoms with van der Waals surface area (Å²) in [6.07, 6.45) is 7.62. The molecule has 4 heterocycles. The summed E-state index contributed by atoms with van der Waals surface area (Å²) >= 11 is 0. The molecular formula is C29H21F3N8O. The van der Waals surface area contributed by atoms with Crippen LogP contribution in [0.3, 0.4) is 0 Å². The molecule has 2 amide bonds. The molecule has 12 heteroatoms. The zero-order valence-electron chi connectivity index (χ0n) is 21.5. The minimum Gasteiger partial charge on any atom is -0.308 e. The number of rotatable bonds is 5. The Morgan fingerprint density at radius 3 is 2.39 bits per heavy atom. The minimum absolute atomic E-state index is 0.0266. The highest BCUT2D eigenvalue weighted by Gasteiger charge is 2.32. The Balaban J connectivity index is 1.30. The first-order valence-electron chi connectivity index (χ1n) is 12.4. The molecule has 41 heavy (non-hydrogen) atoms. The quantitative estimate of drug-likeness (QED) is 0.250. The molecule has 0 radical (unpaired) electrons. The lowest BCUT2D eigenvalue weighted by atomic mass is 10.1. The van der Waals surface area contributed by atoms with Crippen LogP contribution in [-0.2, 0) is 6.18 Å². The van der Waals surface area contributed by atoms with Crippen LogP contribution < -0.4 is 10.6 Å². The number of hydrogen-bond donors (Lipinski definition) is 2. The van der Waals surface area contributed by atoms with Crippen molar-refractivity contribution in [2.45, 2.75) is 13.1 Å². The first kappa shape index (κ1) is 25.7.